The van der Waals surface area contributed by atoms with E-state index >= 15 is 0 Å². The molecule has 1 aliphatic rings. The number of amides is 1. The van der Waals surface area contributed by atoms with Gasteiger partial charge in [-0.2, -0.15) is 0 Å². The molecule has 102 valence electrons. The summed E-state index contributed by atoms with van der Waals surface area (Å²) in [5, 5.41) is 2.87. The van der Waals surface area contributed by atoms with E-state index in [0.717, 1.165) is 25.2 Å². The van der Waals surface area contributed by atoms with Crippen molar-refractivity contribution in [2.45, 2.75) is 12.3 Å². The molecule has 0 radical (unpaired) electrons. The SMILES string of the molecule is NC(=S)C(CN1CCNC(=O)CC1)c1ccccc1. The largest absolute Gasteiger partial charge is 0.393 e. The number of nitrogens with two attached hydrogens (primary N) is 1. The van der Waals surface area contributed by atoms with Gasteiger partial charge in [0.25, 0.3) is 0 Å². The number of nitrogens with zero attached hydrogens (tertiary/aromatic N) is 1. The fourth-order valence-electron chi connectivity index (χ4n) is 2.30. The normalized spacial score (nSPS) is 18.4. The van der Waals surface area contributed by atoms with Crippen molar-refractivity contribution >= 4 is 23.1 Å². The van der Waals surface area contributed by atoms with Crippen molar-refractivity contribution in [3.8, 4) is 0 Å². The Kier molecular flexibility index (Phi) is 4.87. The van der Waals surface area contributed by atoms with Crippen LogP contribution in [0.5, 0.6) is 0 Å². The Bertz CT molecular complexity index is 449. The molecule has 1 fully saturated rings. The Labute approximate surface area is 119 Å². The van der Waals surface area contributed by atoms with Crippen molar-refractivity contribution in [3.63, 3.8) is 0 Å². The third kappa shape index (κ3) is 4.01. The van der Waals surface area contributed by atoms with Gasteiger partial charge >= 0.3 is 0 Å². The van der Waals surface area contributed by atoms with Crippen LogP contribution in [0.3, 0.4) is 0 Å². The van der Waals surface area contributed by atoms with Gasteiger partial charge in [-0.3, -0.25) is 4.79 Å². The van der Waals surface area contributed by atoms with E-state index in [2.05, 4.69) is 10.2 Å². The predicted molar refractivity (Wildman–Crippen MR) is 80.0 cm³/mol. The summed E-state index contributed by atoms with van der Waals surface area (Å²) in [4.78, 5) is 14.1. The van der Waals surface area contributed by atoms with Gasteiger partial charge in [0.1, 0.15) is 0 Å². The van der Waals surface area contributed by atoms with Crippen molar-refractivity contribution in [2.24, 2.45) is 5.73 Å². The van der Waals surface area contributed by atoms with Crippen molar-refractivity contribution in [1.29, 1.82) is 0 Å². The molecule has 1 amide bonds. The standard InChI is InChI=1S/C14H19N3OS/c15-14(19)12(11-4-2-1-3-5-11)10-17-8-6-13(18)16-7-9-17/h1-5,12H,6-10H2,(H2,15,19)(H,16,18). The summed E-state index contributed by atoms with van der Waals surface area (Å²) in [5.74, 6) is 0.165. The molecule has 0 aliphatic carbocycles. The lowest BCUT2D eigenvalue weighted by molar-refractivity contribution is -0.120. The minimum absolute atomic E-state index is 0.0457. The van der Waals surface area contributed by atoms with Gasteiger partial charge in [-0.05, 0) is 5.56 Å². The summed E-state index contributed by atoms with van der Waals surface area (Å²) < 4.78 is 0. The van der Waals surface area contributed by atoms with E-state index in [1.54, 1.807) is 0 Å². The lowest BCUT2D eigenvalue weighted by atomic mass is 9.98. The van der Waals surface area contributed by atoms with E-state index in [9.17, 15) is 4.79 Å². The first-order chi connectivity index (χ1) is 9.16. The van der Waals surface area contributed by atoms with Crippen LogP contribution < -0.4 is 11.1 Å². The zero-order valence-electron chi connectivity index (χ0n) is 10.8. The second kappa shape index (κ2) is 6.63. The Balaban J connectivity index is 2.05. The Morgan fingerprint density at radius 1 is 1.37 bits per heavy atom. The molecule has 3 N–H and O–H groups in total. The van der Waals surface area contributed by atoms with E-state index in [0.29, 0.717) is 18.0 Å². The number of hydrogen-bond donors (Lipinski definition) is 2. The molecule has 2 rings (SSSR count). The van der Waals surface area contributed by atoms with E-state index in [1.807, 2.05) is 30.3 Å². The molecule has 4 nitrogen and oxygen atoms in total. The molecule has 1 aromatic carbocycles. The second-order valence-corrected chi connectivity index (χ2v) is 5.24. The summed E-state index contributed by atoms with van der Waals surface area (Å²) in [5.41, 5.74) is 7.01. The summed E-state index contributed by atoms with van der Waals surface area (Å²) in [6.07, 6.45) is 0.541. The monoisotopic (exact) mass is 277 g/mol. The number of thiocarbonyl (C=S) groups is 1. The highest BCUT2D eigenvalue weighted by atomic mass is 32.1. The quantitative estimate of drug-likeness (QED) is 0.802. The zero-order chi connectivity index (χ0) is 13.7. The lowest BCUT2D eigenvalue weighted by Crippen LogP contribution is -2.36. The van der Waals surface area contributed by atoms with Gasteiger partial charge in [-0.15, -0.1) is 0 Å². The first-order valence-corrected chi connectivity index (χ1v) is 6.91. The fourth-order valence-corrected chi connectivity index (χ4v) is 2.51. The molecule has 0 bridgehead atoms. The predicted octanol–water partition coefficient (Wildman–Crippen LogP) is 0.878. The molecule has 0 spiro atoms. The molecular formula is C14H19N3OS. The van der Waals surface area contributed by atoms with Crippen LogP contribution in [0.4, 0.5) is 0 Å². The second-order valence-electron chi connectivity index (χ2n) is 4.77. The number of hydrogen-bond acceptors (Lipinski definition) is 3. The first-order valence-electron chi connectivity index (χ1n) is 6.50. The number of rotatable bonds is 4. The molecular weight excluding hydrogens is 258 g/mol. The lowest BCUT2D eigenvalue weighted by Gasteiger charge is -2.25. The summed E-state index contributed by atoms with van der Waals surface area (Å²) in [7, 11) is 0. The van der Waals surface area contributed by atoms with Gasteiger partial charge < -0.3 is 16.0 Å². The minimum atomic E-state index is 0.0457. The van der Waals surface area contributed by atoms with Gasteiger partial charge in [0.2, 0.25) is 5.91 Å². The van der Waals surface area contributed by atoms with Crippen molar-refractivity contribution in [1.82, 2.24) is 10.2 Å². The number of carbonyl (C=O) groups excluding carboxylic acids is 1. The van der Waals surface area contributed by atoms with Crippen LogP contribution in [0.15, 0.2) is 30.3 Å². The summed E-state index contributed by atoms with van der Waals surface area (Å²) in [6.45, 7) is 3.07. The van der Waals surface area contributed by atoms with E-state index in [4.69, 9.17) is 18.0 Å². The molecule has 0 saturated carbocycles. The van der Waals surface area contributed by atoms with E-state index < -0.39 is 0 Å². The summed E-state index contributed by atoms with van der Waals surface area (Å²) >= 11 is 5.19. The zero-order valence-corrected chi connectivity index (χ0v) is 11.7. The fraction of sp³-hybridized carbons (Fsp3) is 0.429. The molecule has 1 unspecified atom stereocenters. The van der Waals surface area contributed by atoms with Gasteiger partial charge in [0.15, 0.2) is 0 Å². The van der Waals surface area contributed by atoms with Gasteiger partial charge in [-0.25, -0.2) is 0 Å². The van der Waals surface area contributed by atoms with Crippen LogP contribution >= 0.6 is 12.2 Å². The Morgan fingerprint density at radius 3 is 2.79 bits per heavy atom. The molecule has 1 saturated heterocycles. The highest BCUT2D eigenvalue weighted by Crippen LogP contribution is 2.18. The molecule has 19 heavy (non-hydrogen) atoms. The maximum absolute atomic E-state index is 11.3. The third-order valence-corrected chi connectivity index (χ3v) is 3.68. The van der Waals surface area contributed by atoms with Crippen LogP contribution in [0.2, 0.25) is 0 Å². The topological polar surface area (TPSA) is 58.4 Å². The summed E-state index contributed by atoms with van der Waals surface area (Å²) in [6, 6.07) is 10.1. The highest BCUT2D eigenvalue weighted by Gasteiger charge is 2.20. The number of nitrogens with one attached hydrogen (secondary N) is 1. The third-order valence-electron chi connectivity index (χ3n) is 3.39. The molecule has 5 heteroatoms. The van der Waals surface area contributed by atoms with Gasteiger partial charge in [0, 0.05) is 38.5 Å². The van der Waals surface area contributed by atoms with E-state index in [-0.39, 0.29) is 11.8 Å². The maximum Gasteiger partial charge on any atom is 0.221 e. The van der Waals surface area contributed by atoms with Crippen molar-refractivity contribution in [3.05, 3.63) is 35.9 Å². The van der Waals surface area contributed by atoms with Crippen LogP contribution in [-0.2, 0) is 4.79 Å². The average Bonchev–Trinajstić information content (AvgIpc) is 2.61. The molecule has 1 atom stereocenters. The Hall–Kier alpha value is -1.46. The van der Waals surface area contributed by atoms with Crippen molar-refractivity contribution in [2.75, 3.05) is 26.2 Å². The maximum atomic E-state index is 11.3. The molecule has 1 heterocycles. The Morgan fingerprint density at radius 2 is 2.11 bits per heavy atom. The van der Waals surface area contributed by atoms with Gasteiger partial charge in [0.05, 0.1) is 4.99 Å². The van der Waals surface area contributed by atoms with Crippen molar-refractivity contribution < 1.29 is 4.79 Å². The average molecular weight is 277 g/mol. The number of carbonyl (C=O) groups is 1. The van der Waals surface area contributed by atoms with E-state index in [1.165, 1.54) is 0 Å². The number of benzene rings is 1. The molecule has 0 aromatic heterocycles. The van der Waals surface area contributed by atoms with Crippen LogP contribution in [0.25, 0.3) is 0 Å². The smallest absolute Gasteiger partial charge is 0.221 e. The highest BCUT2D eigenvalue weighted by molar-refractivity contribution is 7.80. The molecule has 1 aromatic rings. The van der Waals surface area contributed by atoms with Crippen LogP contribution in [0.1, 0.15) is 17.9 Å². The molecule has 1 aliphatic heterocycles. The van der Waals surface area contributed by atoms with Crippen LogP contribution in [-0.4, -0.2) is 42.0 Å². The van der Waals surface area contributed by atoms with Crippen LogP contribution in [0, 0.1) is 0 Å². The first kappa shape index (κ1) is 14.0. The minimum Gasteiger partial charge on any atom is -0.393 e. The van der Waals surface area contributed by atoms with Gasteiger partial charge in [-0.1, -0.05) is 42.5 Å².